The number of para-hydroxylation sites is 3. The Kier molecular flexibility index (Phi) is 9.40. The number of ether oxygens (including phenoxy) is 1. The lowest BCUT2D eigenvalue weighted by Crippen LogP contribution is -2.26. The molecule has 5 nitrogen and oxygen atoms in total. The van der Waals surface area contributed by atoms with Crippen LogP contribution in [0.5, 0.6) is 5.75 Å². The summed E-state index contributed by atoms with van der Waals surface area (Å²) in [6.45, 7) is 4.19. The Morgan fingerprint density at radius 3 is 2.58 bits per heavy atom. The van der Waals surface area contributed by atoms with Crippen LogP contribution in [0.2, 0.25) is 5.02 Å². The number of carbonyl (C=O) groups excluding carboxylic acids is 1. The van der Waals surface area contributed by atoms with Crippen molar-refractivity contribution in [1.29, 1.82) is 0 Å². The van der Waals surface area contributed by atoms with E-state index in [1.54, 1.807) is 0 Å². The molecule has 0 saturated carbocycles. The molecular weight excluding hydrogens is 470 g/mol. The molecule has 0 aliphatic heterocycles. The smallest absolute Gasteiger partial charge is 0.224 e. The predicted octanol–water partition coefficient (Wildman–Crippen LogP) is 6.54. The van der Waals surface area contributed by atoms with Gasteiger partial charge in [0.2, 0.25) is 5.91 Å². The maximum Gasteiger partial charge on any atom is 0.224 e. The van der Waals surface area contributed by atoms with E-state index in [1.807, 2.05) is 61.5 Å². The van der Waals surface area contributed by atoms with Crippen LogP contribution in [0.4, 0.5) is 0 Å². The number of aromatic nitrogens is 2. The third-order valence-corrected chi connectivity index (χ3v) is 6.68. The minimum atomic E-state index is 0.0881. The van der Waals surface area contributed by atoms with Crippen molar-refractivity contribution < 1.29 is 9.53 Å². The molecule has 1 aromatic heterocycles. The zero-order valence-corrected chi connectivity index (χ0v) is 21.6. The summed E-state index contributed by atoms with van der Waals surface area (Å²) in [5.74, 6) is 1.92. The summed E-state index contributed by atoms with van der Waals surface area (Å²) in [5.41, 5.74) is 4.44. The first-order chi connectivity index (χ1) is 17.6. The second kappa shape index (κ2) is 13.1. The maximum absolute atomic E-state index is 12.3. The van der Waals surface area contributed by atoms with Crippen molar-refractivity contribution >= 4 is 28.5 Å². The highest BCUT2D eigenvalue weighted by atomic mass is 35.5. The van der Waals surface area contributed by atoms with Gasteiger partial charge in [0.05, 0.1) is 29.1 Å². The molecule has 4 rings (SSSR count). The largest absolute Gasteiger partial charge is 0.492 e. The average Bonchev–Trinajstić information content (AvgIpc) is 3.23. The van der Waals surface area contributed by atoms with Crippen molar-refractivity contribution in [3.63, 3.8) is 0 Å². The molecule has 6 heteroatoms. The lowest BCUT2D eigenvalue weighted by molar-refractivity contribution is -0.120. The SMILES string of the molecule is Cc1ccccc1CC(=O)NCCCCCc1nc2ccccc2n1CCCOc1ccccc1Cl. The van der Waals surface area contributed by atoms with Crippen molar-refractivity contribution in [1.82, 2.24) is 14.9 Å². The summed E-state index contributed by atoms with van der Waals surface area (Å²) in [4.78, 5) is 17.2. The maximum atomic E-state index is 12.3. The number of aryl methyl sites for hydroxylation is 3. The summed E-state index contributed by atoms with van der Waals surface area (Å²) >= 11 is 6.20. The molecule has 36 heavy (non-hydrogen) atoms. The fourth-order valence-electron chi connectivity index (χ4n) is 4.39. The van der Waals surface area contributed by atoms with Crippen molar-refractivity contribution in [3.05, 3.63) is 94.8 Å². The van der Waals surface area contributed by atoms with Crippen molar-refractivity contribution in [2.45, 2.75) is 52.0 Å². The molecule has 0 bridgehead atoms. The number of amides is 1. The lowest BCUT2D eigenvalue weighted by Gasteiger charge is -2.11. The van der Waals surface area contributed by atoms with Crippen LogP contribution in [0, 0.1) is 6.92 Å². The van der Waals surface area contributed by atoms with Gasteiger partial charge < -0.3 is 14.6 Å². The molecule has 0 unspecified atom stereocenters. The Bertz CT molecular complexity index is 1280. The van der Waals surface area contributed by atoms with Crippen LogP contribution >= 0.6 is 11.6 Å². The van der Waals surface area contributed by atoms with Gasteiger partial charge in [-0.15, -0.1) is 0 Å². The fraction of sp³-hybridized carbons (Fsp3) is 0.333. The number of rotatable bonds is 13. The van der Waals surface area contributed by atoms with E-state index in [0.717, 1.165) is 72.4 Å². The topological polar surface area (TPSA) is 56.2 Å². The number of imidazole rings is 1. The molecule has 1 heterocycles. The van der Waals surface area contributed by atoms with E-state index >= 15 is 0 Å². The normalized spacial score (nSPS) is 11.1. The quantitative estimate of drug-likeness (QED) is 0.211. The second-order valence-electron chi connectivity index (χ2n) is 9.06. The van der Waals surface area contributed by atoms with Crippen molar-refractivity contribution in [3.8, 4) is 5.75 Å². The molecular formula is C30H34ClN3O2. The van der Waals surface area contributed by atoms with Crippen molar-refractivity contribution in [2.75, 3.05) is 13.2 Å². The summed E-state index contributed by atoms with van der Waals surface area (Å²) in [6, 6.07) is 23.9. The second-order valence-corrected chi connectivity index (χ2v) is 9.47. The molecule has 0 atom stereocenters. The van der Waals surface area contributed by atoms with Crippen LogP contribution in [0.1, 0.15) is 42.6 Å². The first-order valence-corrected chi connectivity index (χ1v) is 13.1. The number of nitrogens with one attached hydrogen (secondary N) is 1. The van der Waals surface area contributed by atoms with Gasteiger partial charge in [-0.25, -0.2) is 4.98 Å². The minimum Gasteiger partial charge on any atom is -0.492 e. The van der Waals surface area contributed by atoms with Gasteiger partial charge >= 0.3 is 0 Å². The van der Waals surface area contributed by atoms with Crippen LogP contribution in [-0.4, -0.2) is 28.6 Å². The standard InChI is InChI=1S/C30H34ClN3O2/c1-23-12-4-5-13-24(23)22-30(35)32-19-10-2-3-18-29-33-26-15-7-8-16-27(26)34(29)20-11-21-36-28-17-9-6-14-25(28)31/h4-9,12-17H,2-3,10-11,18-22H2,1H3,(H,32,35). The van der Waals surface area contributed by atoms with E-state index in [2.05, 4.69) is 28.1 Å². The molecule has 1 amide bonds. The van der Waals surface area contributed by atoms with Gasteiger partial charge in [0.15, 0.2) is 0 Å². The Morgan fingerprint density at radius 1 is 0.944 bits per heavy atom. The Labute approximate surface area is 218 Å². The molecule has 1 N–H and O–H groups in total. The highest BCUT2D eigenvalue weighted by Gasteiger charge is 2.11. The molecule has 3 aromatic carbocycles. The summed E-state index contributed by atoms with van der Waals surface area (Å²) in [7, 11) is 0. The zero-order valence-electron chi connectivity index (χ0n) is 20.9. The minimum absolute atomic E-state index is 0.0881. The van der Waals surface area contributed by atoms with E-state index in [0.29, 0.717) is 24.6 Å². The highest BCUT2D eigenvalue weighted by Crippen LogP contribution is 2.23. The van der Waals surface area contributed by atoms with Gasteiger partial charge in [0.25, 0.3) is 0 Å². The van der Waals surface area contributed by atoms with E-state index in [1.165, 1.54) is 0 Å². The third-order valence-electron chi connectivity index (χ3n) is 6.37. The number of hydrogen-bond acceptors (Lipinski definition) is 3. The van der Waals surface area contributed by atoms with E-state index in [9.17, 15) is 4.79 Å². The molecule has 188 valence electrons. The van der Waals surface area contributed by atoms with Crippen LogP contribution < -0.4 is 10.1 Å². The molecule has 0 fully saturated rings. The van der Waals surface area contributed by atoms with Gasteiger partial charge in [0.1, 0.15) is 11.6 Å². The Hall–Kier alpha value is -3.31. The number of benzene rings is 3. The van der Waals surface area contributed by atoms with Crippen LogP contribution in [0.3, 0.4) is 0 Å². The zero-order chi connectivity index (χ0) is 25.2. The highest BCUT2D eigenvalue weighted by molar-refractivity contribution is 6.32. The number of fused-ring (bicyclic) bond motifs is 1. The average molecular weight is 504 g/mol. The molecule has 0 aliphatic carbocycles. The number of nitrogens with zero attached hydrogens (tertiary/aromatic N) is 2. The number of halogens is 1. The van der Waals surface area contributed by atoms with Crippen LogP contribution in [0.25, 0.3) is 11.0 Å². The monoisotopic (exact) mass is 503 g/mol. The summed E-state index contributed by atoms with van der Waals surface area (Å²) in [6.07, 6.45) is 5.27. The number of unbranched alkanes of at least 4 members (excludes halogenated alkanes) is 2. The summed E-state index contributed by atoms with van der Waals surface area (Å²) in [5, 5.41) is 3.70. The molecule has 0 spiro atoms. The van der Waals surface area contributed by atoms with Gasteiger partial charge in [-0.3, -0.25) is 4.79 Å². The first-order valence-electron chi connectivity index (χ1n) is 12.7. The van der Waals surface area contributed by atoms with Gasteiger partial charge in [-0.1, -0.05) is 66.6 Å². The predicted molar refractivity (Wildman–Crippen MR) is 147 cm³/mol. The fourth-order valence-corrected chi connectivity index (χ4v) is 4.58. The first kappa shape index (κ1) is 25.8. The van der Waals surface area contributed by atoms with Crippen LogP contribution in [0.15, 0.2) is 72.8 Å². The number of hydrogen-bond donors (Lipinski definition) is 1. The lowest BCUT2D eigenvalue weighted by atomic mass is 10.1. The molecule has 4 aromatic rings. The van der Waals surface area contributed by atoms with E-state index < -0.39 is 0 Å². The van der Waals surface area contributed by atoms with E-state index in [-0.39, 0.29) is 5.91 Å². The van der Waals surface area contributed by atoms with Gasteiger partial charge in [0, 0.05) is 19.5 Å². The molecule has 0 aliphatic rings. The Morgan fingerprint density at radius 2 is 1.72 bits per heavy atom. The van der Waals surface area contributed by atoms with Gasteiger partial charge in [-0.05, 0) is 61.6 Å². The number of carbonyl (C=O) groups is 1. The third kappa shape index (κ3) is 7.11. The van der Waals surface area contributed by atoms with E-state index in [4.69, 9.17) is 21.3 Å². The van der Waals surface area contributed by atoms with Crippen LogP contribution in [-0.2, 0) is 24.2 Å². The van der Waals surface area contributed by atoms with Crippen molar-refractivity contribution in [2.24, 2.45) is 0 Å². The Balaban J connectivity index is 1.22. The molecule has 0 saturated heterocycles. The van der Waals surface area contributed by atoms with Gasteiger partial charge in [-0.2, -0.15) is 0 Å². The molecule has 0 radical (unpaired) electrons. The summed E-state index contributed by atoms with van der Waals surface area (Å²) < 4.78 is 8.19.